The monoisotopic (exact) mass is 350 g/mol. The largest absolute Gasteiger partial charge is 0.319 e. The summed E-state index contributed by atoms with van der Waals surface area (Å²) in [6, 6.07) is 18.8. The van der Waals surface area contributed by atoms with Crippen LogP contribution in [0, 0.1) is 0 Å². The highest BCUT2D eigenvalue weighted by Gasteiger charge is 2.25. The number of fused-ring (bicyclic) bond motifs is 1. The molecule has 1 heterocycles. The third-order valence-corrected chi connectivity index (χ3v) is 6.14. The molecule has 0 bridgehead atoms. The summed E-state index contributed by atoms with van der Waals surface area (Å²) >= 11 is 1.66. The Balaban J connectivity index is 1.62. The van der Waals surface area contributed by atoms with Crippen LogP contribution in [0.5, 0.6) is 0 Å². The van der Waals surface area contributed by atoms with Gasteiger partial charge in [0.15, 0.2) is 5.16 Å². The van der Waals surface area contributed by atoms with E-state index < -0.39 is 0 Å². The summed E-state index contributed by atoms with van der Waals surface area (Å²) in [6.07, 6.45) is 4.86. The molecule has 1 aromatic heterocycles. The Morgan fingerprint density at radius 3 is 2.68 bits per heavy atom. The topological polar surface area (TPSA) is 34.9 Å². The van der Waals surface area contributed by atoms with Crippen LogP contribution in [0.4, 0.5) is 0 Å². The highest BCUT2D eigenvalue weighted by atomic mass is 32.2. The van der Waals surface area contributed by atoms with Gasteiger partial charge < -0.3 is 4.57 Å². The molecule has 3 aromatic rings. The Morgan fingerprint density at radius 2 is 1.84 bits per heavy atom. The second-order valence-electron chi connectivity index (χ2n) is 6.59. The molecular formula is C21H22N2OS. The van der Waals surface area contributed by atoms with E-state index in [1.807, 2.05) is 12.1 Å². The molecule has 3 nitrogen and oxygen atoms in total. The molecule has 0 aliphatic heterocycles. The maximum Gasteiger partial charge on any atom is 0.169 e. The Labute approximate surface area is 152 Å². The second-order valence-corrected chi connectivity index (χ2v) is 7.76. The number of imidazole rings is 1. The zero-order chi connectivity index (χ0) is 17.1. The van der Waals surface area contributed by atoms with Crippen molar-refractivity contribution >= 4 is 28.6 Å². The van der Waals surface area contributed by atoms with Gasteiger partial charge >= 0.3 is 0 Å². The summed E-state index contributed by atoms with van der Waals surface area (Å²) in [7, 11) is 0. The number of hydrogen-bond acceptors (Lipinski definition) is 3. The van der Waals surface area contributed by atoms with E-state index in [0.29, 0.717) is 5.78 Å². The molecule has 0 spiro atoms. The van der Waals surface area contributed by atoms with Gasteiger partial charge in [-0.3, -0.25) is 4.79 Å². The van der Waals surface area contributed by atoms with E-state index in [0.717, 1.165) is 54.8 Å². The van der Waals surface area contributed by atoms with Crippen LogP contribution in [-0.2, 0) is 17.8 Å². The first-order valence-electron chi connectivity index (χ1n) is 9.00. The number of Topliss-reactive ketones (excluding diaryl/α,β-unsaturated/α-hetero) is 1. The molecule has 1 saturated carbocycles. The van der Waals surface area contributed by atoms with Crippen molar-refractivity contribution in [1.82, 2.24) is 9.55 Å². The molecule has 0 radical (unpaired) electrons. The Bertz CT molecular complexity index is 872. The lowest BCUT2D eigenvalue weighted by Crippen LogP contribution is -2.22. The number of nitrogens with zero attached hydrogens (tertiary/aromatic N) is 2. The van der Waals surface area contributed by atoms with Crippen LogP contribution in [0.2, 0.25) is 0 Å². The van der Waals surface area contributed by atoms with Gasteiger partial charge in [-0.05, 0) is 37.0 Å². The maximum atomic E-state index is 12.2. The van der Waals surface area contributed by atoms with E-state index in [2.05, 4.69) is 47.0 Å². The summed E-state index contributed by atoms with van der Waals surface area (Å²) in [5.74, 6) is 0.387. The van der Waals surface area contributed by atoms with Gasteiger partial charge in [0.1, 0.15) is 5.78 Å². The first kappa shape index (κ1) is 16.4. The van der Waals surface area contributed by atoms with Crippen LogP contribution in [-0.4, -0.2) is 20.6 Å². The summed E-state index contributed by atoms with van der Waals surface area (Å²) in [5, 5.41) is 1.05. The standard InChI is InChI=1S/C21H22N2OS/c24-19-12-6-7-13-20(19)25-21-22-17-10-4-5-11-18(17)23(21)15-14-16-8-2-1-3-9-16/h1-5,8-11,20H,6-7,12-15H2. The van der Waals surface area contributed by atoms with E-state index >= 15 is 0 Å². The number of carbonyl (C=O) groups is 1. The third-order valence-electron chi connectivity index (χ3n) is 4.83. The molecule has 1 unspecified atom stereocenters. The fourth-order valence-corrected chi connectivity index (χ4v) is 4.70. The summed E-state index contributed by atoms with van der Waals surface area (Å²) in [4.78, 5) is 17.1. The number of carbonyl (C=O) groups excluding carboxylic acids is 1. The molecule has 4 rings (SSSR count). The highest BCUT2D eigenvalue weighted by Crippen LogP contribution is 2.33. The van der Waals surface area contributed by atoms with Crippen LogP contribution in [0.3, 0.4) is 0 Å². The fourth-order valence-electron chi connectivity index (χ4n) is 3.45. The lowest BCUT2D eigenvalue weighted by Gasteiger charge is -2.20. The van der Waals surface area contributed by atoms with Crippen molar-refractivity contribution in [2.45, 2.75) is 49.1 Å². The van der Waals surface area contributed by atoms with Crippen molar-refractivity contribution in [3.05, 3.63) is 60.2 Å². The predicted molar refractivity (Wildman–Crippen MR) is 103 cm³/mol. The molecule has 0 N–H and O–H groups in total. The van der Waals surface area contributed by atoms with Gasteiger partial charge in [0, 0.05) is 13.0 Å². The number of aromatic nitrogens is 2. The number of ketones is 1. The quantitative estimate of drug-likeness (QED) is 0.657. The van der Waals surface area contributed by atoms with Crippen LogP contribution in [0.1, 0.15) is 31.2 Å². The van der Waals surface area contributed by atoms with Crippen molar-refractivity contribution in [1.29, 1.82) is 0 Å². The minimum atomic E-state index is 0.0704. The SMILES string of the molecule is O=C1CCCCC1Sc1nc2ccccc2n1CCc1ccccc1. The zero-order valence-corrected chi connectivity index (χ0v) is 15.0. The van der Waals surface area contributed by atoms with Gasteiger partial charge in [0.25, 0.3) is 0 Å². The smallest absolute Gasteiger partial charge is 0.169 e. The van der Waals surface area contributed by atoms with Crippen LogP contribution in [0.15, 0.2) is 59.8 Å². The average Bonchev–Trinajstić information content (AvgIpc) is 3.00. The summed E-state index contributed by atoms with van der Waals surface area (Å²) < 4.78 is 2.29. The van der Waals surface area contributed by atoms with Gasteiger partial charge in [0.2, 0.25) is 0 Å². The number of thioether (sulfide) groups is 1. The molecule has 0 amide bonds. The lowest BCUT2D eigenvalue weighted by molar-refractivity contribution is -0.119. The number of rotatable bonds is 5. The zero-order valence-electron chi connectivity index (χ0n) is 14.2. The molecule has 0 saturated heterocycles. The molecule has 4 heteroatoms. The minimum absolute atomic E-state index is 0.0704. The Kier molecular flexibility index (Phi) is 4.88. The second kappa shape index (κ2) is 7.44. The molecule has 128 valence electrons. The summed E-state index contributed by atoms with van der Waals surface area (Å²) in [6.45, 7) is 0.883. The van der Waals surface area contributed by atoms with Gasteiger partial charge in [-0.15, -0.1) is 0 Å². The van der Waals surface area contributed by atoms with Gasteiger partial charge in [-0.1, -0.05) is 60.6 Å². The molecule has 25 heavy (non-hydrogen) atoms. The third kappa shape index (κ3) is 3.64. The number of aryl methyl sites for hydroxylation is 2. The first-order chi connectivity index (χ1) is 12.3. The van der Waals surface area contributed by atoms with E-state index in [4.69, 9.17) is 4.98 Å². The molecule has 1 aliphatic carbocycles. The first-order valence-corrected chi connectivity index (χ1v) is 9.88. The Morgan fingerprint density at radius 1 is 1.04 bits per heavy atom. The van der Waals surface area contributed by atoms with Crippen molar-refractivity contribution in [3.63, 3.8) is 0 Å². The minimum Gasteiger partial charge on any atom is -0.319 e. The van der Waals surface area contributed by atoms with E-state index in [-0.39, 0.29) is 5.25 Å². The predicted octanol–water partition coefficient (Wildman–Crippen LogP) is 4.88. The van der Waals surface area contributed by atoms with Crippen molar-refractivity contribution in [2.24, 2.45) is 0 Å². The van der Waals surface area contributed by atoms with Crippen LogP contribution < -0.4 is 0 Å². The van der Waals surface area contributed by atoms with Crippen LogP contribution in [0.25, 0.3) is 11.0 Å². The molecular weight excluding hydrogens is 328 g/mol. The maximum absolute atomic E-state index is 12.2. The Hall–Kier alpha value is -2.07. The van der Waals surface area contributed by atoms with Crippen molar-refractivity contribution < 1.29 is 4.79 Å². The van der Waals surface area contributed by atoms with Gasteiger partial charge in [0.05, 0.1) is 16.3 Å². The highest BCUT2D eigenvalue weighted by molar-refractivity contribution is 8.00. The van der Waals surface area contributed by atoms with Crippen molar-refractivity contribution in [2.75, 3.05) is 0 Å². The van der Waals surface area contributed by atoms with E-state index in [1.54, 1.807) is 11.8 Å². The average molecular weight is 350 g/mol. The van der Waals surface area contributed by atoms with E-state index in [1.165, 1.54) is 5.56 Å². The molecule has 1 atom stereocenters. The lowest BCUT2D eigenvalue weighted by atomic mass is 9.99. The normalized spacial score (nSPS) is 17.9. The van der Waals surface area contributed by atoms with Crippen LogP contribution >= 0.6 is 11.8 Å². The van der Waals surface area contributed by atoms with E-state index in [9.17, 15) is 4.79 Å². The molecule has 2 aromatic carbocycles. The molecule has 1 aliphatic rings. The van der Waals surface area contributed by atoms with Gasteiger partial charge in [-0.2, -0.15) is 0 Å². The molecule has 1 fully saturated rings. The summed E-state index contributed by atoms with van der Waals surface area (Å²) in [5.41, 5.74) is 3.50. The number of benzene rings is 2. The van der Waals surface area contributed by atoms with Crippen molar-refractivity contribution in [3.8, 4) is 0 Å². The number of para-hydroxylation sites is 2. The number of hydrogen-bond donors (Lipinski definition) is 0. The van der Waals surface area contributed by atoms with Gasteiger partial charge in [-0.25, -0.2) is 4.98 Å². The fraction of sp³-hybridized carbons (Fsp3) is 0.333.